The van der Waals surface area contributed by atoms with Crippen molar-refractivity contribution in [3.05, 3.63) is 40.9 Å². The molecule has 0 aromatic heterocycles. The van der Waals surface area contributed by atoms with Crippen LogP contribution < -0.4 is 34.7 Å². The number of halogens is 1. The van der Waals surface area contributed by atoms with E-state index in [9.17, 15) is 14.7 Å². The second kappa shape index (κ2) is 8.32. The van der Waals surface area contributed by atoms with Crippen LogP contribution in [-0.2, 0) is 14.3 Å². The number of ether oxygens (including phenoxy) is 1. The Morgan fingerprint density at radius 1 is 1.33 bits per heavy atom. The Morgan fingerprint density at radius 2 is 1.89 bits per heavy atom. The van der Waals surface area contributed by atoms with Crippen molar-refractivity contribution in [3.63, 3.8) is 0 Å². The van der Waals surface area contributed by atoms with Crippen molar-refractivity contribution in [2.24, 2.45) is 0 Å². The summed E-state index contributed by atoms with van der Waals surface area (Å²) in [6.07, 6.45) is 0.710. The SMILES string of the molecule is CCOC(=O)C(=O)C=C([O-])c1ccc(Cl)cc1.[Na+]. The molecule has 0 aliphatic heterocycles. The van der Waals surface area contributed by atoms with E-state index in [4.69, 9.17) is 11.6 Å². The minimum absolute atomic E-state index is 0. The van der Waals surface area contributed by atoms with Crippen LogP contribution in [0.25, 0.3) is 5.76 Å². The van der Waals surface area contributed by atoms with E-state index in [1.54, 1.807) is 6.92 Å². The summed E-state index contributed by atoms with van der Waals surface area (Å²) in [5.74, 6) is -2.55. The summed E-state index contributed by atoms with van der Waals surface area (Å²) in [6.45, 7) is 1.67. The van der Waals surface area contributed by atoms with E-state index >= 15 is 0 Å². The third kappa shape index (κ3) is 5.23. The number of ketones is 1. The molecular formula is C12H10ClNaO4. The average Bonchev–Trinajstić information content (AvgIpc) is 2.30. The molecular weight excluding hydrogens is 267 g/mol. The summed E-state index contributed by atoms with van der Waals surface area (Å²) in [4.78, 5) is 22.2. The minimum Gasteiger partial charge on any atom is -0.872 e. The van der Waals surface area contributed by atoms with Gasteiger partial charge in [-0.05, 0) is 30.7 Å². The minimum atomic E-state index is -1.03. The predicted octanol–water partition coefficient (Wildman–Crippen LogP) is -1.82. The molecule has 0 radical (unpaired) electrons. The molecule has 0 bridgehead atoms. The number of hydrogen-bond donors (Lipinski definition) is 0. The van der Waals surface area contributed by atoms with Crippen molar-refractivity contribution in [2.45, 2.75) is 6.92 Å². The first-order valence-corrected chi connectivity index (χ1v) is 5.28. The topological polar surface area (TPSA) is 66.4 Å². The fraction of sp³-hybridized carbons (Fsp3) is 0.167. The van der Waals surface area contributed by atoms with Crippen LogP contribution >= 0.6 is 11.6 Å². The van der Waals surface area contributed by atoms with E-state index in [-0.39, 0.29) is 41.7 Å². The van der Waals surface area contributed by atoms with E-state index in [1.165, 1.54) is 24.3 Å². The molecule has 1 aromatic rings. The van der Waals surface area contributed by atoms with Crippen molar-refractivity contribution in [2.75, 3.05) is 6.61 Å². The molecule has 6 heteroatoms. The molecule has 0 spiro atoms. The number of esters is 1. The smallest absolute Gasteiger partial charge is 0.872 e. The van der Waals surface area contributed by atoms with Crippen molar-refractivity contribution < 1.29 is 49.0 Å². The fourth-order valence-electron chi connectivity index (χ4n) is 1.08. The van der Waals surface area contributed by atoms with Crippen molar-refractivity contribution in [1.29, 1.82) is 0 Å². The Kier molecular flexibility index (Phi) is 7.95. The van der Waals surface area contributed by atoms with E-state index < -0.39 is 17.5 Å². The van der Waals surface area contributed by atoms with Crippen molar-refractivity contribution in [1.82, 2.24) is 0 Å². The van der Waals surface area contributed by atoms with Gasteiger partial charge in [-0.15, -0.1) is 0 Å². The molecule has 0 saturated heterocycles. The number of hydrogen-bond acceptors (Lipinski definition) is 4. The van der Waals surface area contributed by atoms with E-state index in [2.05, 4.69) is 4.74 Å². The maximum absolute atomic E-state index is 11.5. The zero-order valence-corrected chi connectivity index (χ0v) is 12.9. The van der Waals surface area contributed by atoms with Crippen LogP contribution in [0, 0.1) is 0 Å². The Labute approximate surface area is 132 Å². The van der Waals surface area contributed by atoms with Gasteiger partial charge in [0.25, 0.3) is 5.78 Å². The molecule has 0 aliphatic carbocycles. The number of carbonyl (C=O) groups excluding carboxylic acids is 2. The Morgan fingerprint density at radius 3 is 2.39 bits per heavy atom. The molecule has 0 unspecified atom stereocenters. The van der Waals surface area contributed by atoms with Crippen LogP contribution in [-0.4, -0.2) is 18.4 Å². The van der Waals surface area contributed by atoms with Gasteiger partial charge >= 0.3 is 35.5 Å². The molecule has 0 atom stereocenters. The first kappa shape index (κ1) is 17.2. The zero-order chi connectivity index (χ0) is 12.8. The summed E-state index contributed by atoms with van der Waals surface area (Å²) in [5.41, 5.74) is 0.284. The second-order valence-corrected chi connectivity index (χ2v) is 3.54. The van der Waals surface area contributed by atoms with Crippen LogP contribution in [0.3, 0.4) is 0 Å². The third-order valence-electron chi connectivity index (χ3n) is 1.87. The standard InChI is InChI=1S/C12H11ClO4.Na/c1-2-17-12(16)11(15)7-10(14)8-3-5-9(13)6-4-8;/h3-7,14H,2H2,1H3;/q;+1/p-1. The Hall–Kier alpha value is -0.810. The van der Waals surface area contributed by atoms with Gasteiger partial charge in [-0.3, -0.25) is 4.79 Å². The maximum Gasteiger partial charge on any atom is 1.00 e. The van der Waals surface area contributed by atoms with Crippen LogP contribution in [0.2, 0.25) is 5.02 Å². The van der Waals surface area contributed by atoms with E-state index in [0.29, 0.717) is 11.1 Å². The molecule has 1 aromatic carbocycles. The summed E-state index contributed by atoms with van der Waals surface area (Å²) < 4.78 is 4.47. The van der Waals surface area contributed by atoms with E-state index in [0.717, 1.165) is 0 Å². The van der Waals surface area contributed by atoms with Gasteiger partial charge in [-0.2, -0.15) is 0 Å². The van der Waals surface area contributed by atoms with Gasteiger partial charge < -0.3 is 9.84 Å². The molecule has 0 N–H and O–H groups in total. The van der Waals surface area contributed by atoms with Crippen LogP contribution in [0.4, 0.5) is 0 Å². The van der Waals surface area contributed by atoms with Crippen LogP contribution in [0.15, 0.2) is 30.3 Å². The van der Waals surface area contributed by atoms with Gasteiger partial charge in [-0.1, -0.05) is 29.5 Å². The first-order chi connectivity index (χ1) is 8.04. The molecule has 0 aliphatic rings. The molecule has 90 valence electrons. The molecule has 4 nitrogen and oxygen atoms in total. The first-order valence-electron chi connectivity index (χ1n) is 4.90. The van der Waals surface area contributed by atoms with E-state index in [1.807, 2.05) is 0 Å². The molecule has 0 saturated carbocycles. The number of rotatable bonds is 4. The van der Waals surface area contributed by atoms with Crippen molar-refractivity contribution >= 4 is 29.1 Å². The van der Waals surface area contributed by atoms with Crippen LogP contribution in [0.5, 0.6) is 0 Å². The van der Waals surface area contributed by atoms with Gasteiger partial charge in [0.1, 0.15) is 0 Å². The number of carbonyl (C=O) groups is 2. The molecule has 0 heterocycles. The Balaban J connectivity index is 0.00000289. The monoisotopic (exact) mass is 276 g/mol. The maximum atomic E-state index is 11.5. The number of benzene rings is 1. The van der Waals surface area contributed by atoms with Gasteiger partial charge in [0.15, 0.2) is 0 Å². The van der Waals surface area contributed by atoms with Crippen molar-refractivity contribution in [3.8, 4) is 0 Å². The average molecular weight is 277 g/mol. The molecule has 1 rings (SSSR count). The van der Waals surface area contributed by atoms with Gasteiger partial charge in [0, 0.05) is 5.02 Å². The van der Waals surface area contributed by atoms with Crippen LogP contribution in [0.1, 0.15) is 12.5 Å². The quantitative estimate of drug-likeness (QED) is 0.213. The Bertz CT molecular complexity index is 454. The van der Waals surface area contributed by atoms with Gasteiger partial charge in [0.05, 0.1) is 6.61 Å². The normalized spacial score (nSPS) is 10.4. The molecule has 18 heavy (non-hydrogen) atoms. The second-order valence-electron chi connectivity index (χ2n) is 3.10. The molecule has 0 amide bonds. The zero-order valence-electron chi connectivity index (χ0n) is 10.1. The predicted molar refractivity (Wildman–Crippen MR) is 61.1 cm³/mol. The fourth-order valence-corrected chi connectivity index (χ4v) is 1.20. The largest absolute Gasteiger partial charge is 1.00 e. The molecule has 0 fully saturated rings. The third-order valence-corrected chi connectivity index (χ3v) is 2.12. The van der Waals surface area contributed by atoms with Gasteiger partial charge in [0.2, 0.25) is 0 Å². The van der Waals surface area contributed by atoms with Gasteiger partial charge in [-0.25, -0.2) is 4.79 Å². The summed E-state index contributed by atoms with van der Waals surface area (Å²) in [6, 6.07) is 5.99. The summed E-state index contributed by atoms with van der Waals surface area (Å²) >= 11 is 5.65. The summed E-state index contributed by atoms with van der Waals surface area (Å²) in [7, 11) is 0. The summed E-state index contributed by atoms with van der Waals surface area (Å²) in [5, 5.41) is 12.0.